The van der Waals surface area contributed by atoms with Crippen LogP contribution in [-0.2, 0) is 10.0 Å². The predicted molar refractivity (Wildman–Crippen MR) is 78.1 cm³/mol. The molecule has 1 amide bonds. The number of pyridine rings is 1. The SMILES string of the molecule is CC(C)(CNC(=O)c1cnc(N)c(Cl)c1)NS(C)(=O)=O. The summed E-state index contributed by atoms with van der Waals surface area (Å²) in [5.74, 6) is -0.273. The summed E-state index contributed by atoms with van der Waals surface area (Å²) in [4.78, 5) is 15.7. The molecular weight excluding hydrogens is 304 g/mol. The molecule has 1 aromatic rings. The summed E-state index contributed by atoms with van der Waals surface area (Å²) in [6.45, 7) is 3.42. The molecule has 0 aliphatic carbocycles. The van der Waals surface area contributed by atoms with Crippen molar-refractivity contribution in [2.45, 2.75) is 19.4 Å². The molecule has 4 N–H and O–H groups in total. The molecule has 0 bridgehead atoms. The van der Waals surface area contributed by atoms with Crippen molar-refractivity contribution < 1.29 is 13.2 Å². The van der Waals surface area contributed by atoms with Crippen molar-refractivity contribution in [3.63, 3.8) is 0 Å². The van der Waals surface area contributed by atoms with E-state index in [1.807, 2.05) is 0 Å². The highest BCUT2D eigenvalue weighted by molar-refractivity contribution is 7.88. The molecule has 9 heteroatoms. The number of halogens is 1. The van der Waals surface area contributed by atoms with Crippen LogP contribution in [0.4, 0.5) is 5.82 Å². The molecule has 0 aromatic carbocycles. The van der Waals surface area contributed by atoms with Gasteiger partial charge >= 0.3 is 0 Å². The molecule has 1 aromatic heterocycles. The summed E-state index contributed by atoms with van der Waals surface area (Å²) >= 11 is 5.78. The standard InChI is InChI=1S/C11H17ClN4O3S/c1-11(2,16-20(3,18)19)6-15-10(17)7-4-8(12)9(13)14-5-7/h4-5,16H,6H2,1-3H3,(H2,13,14)(H,15,17). The molecule has 0 saturated heterocycles. The van der Waals surface area contributed by atoms with E-state index in [0.717, 1.165) is 6.26 Å². The molecule has 0 spiro atoms. The van der Waals surface area contributed by atoms with Gasteiger partial charge in [0.05, 0.1) is 16.8 Å². The van der Waals surface area contributed by atoms with Gasteiger partial charge < -0.3 is 11.1 Å². The summed E-state index contributed by atoms with van der Waals surface area (Å²) in [7, 11) is -3.36. The summed E-state index contributed by atoms with van der Waals surface area (Å²) in [6.07, 6.45) is 2.35. The molecule has 0 aliphatic rings. The lowest BCUT2D eigenvalue weighted by Crippen LogP contribution is -2.51. The Hall–Kier alpha value is -1.38. The zero-order valence-electron chi connectivity index (χ0n) is 11.4. The van der Waals surface area contributed by atoms with Gasteiger partial charge in [0.1, 0.15) is 5.82 Å². The monoisotopic (exact) mass is 320 g/mol. The second-order valence-electron chi connectivity index (χ2n) is 5.03. The third-order valence-electron chi connectivity index (χ3n) is 2.28. The van der Waals surface area contributed by atoms with Gasteiger partial charge in [0.2, 0.25) is 10.0 Å². The fourth-order valence-electron chi connectivity index (χ4n) is 1.51. The first-order chi connectivity index (χ1) is 9.00. The molecule has 7 nitrogen and oxygen atoms in total. The van der Waals surface area contributed by atoms with Crippen LogP contribution in [0, 0.1) is 0 Å². The number of nitrogen functional groups attached to an aromatic ring is 1. The van der Waals surface area contributed by atoms with Crippen LogP contribution in [0.25, 0.3) is 0 Å². The summed E-state index contributed by atoms with van der Waals surface area (Å²) in [5, 5.41) is 2.79. The van der Waals surface area contributed by atoms with E-state index >= 15 is 0 Å². The number of aromatic nitrogens is 1. The van der Waals surface area contributed by atoms with Crippen molar-refractivity contribution in [3.8, 4) is 0 Å². The van der Waals surface area contributed by atoms with Crippen LogP contribution in [0.2, 0.25) is 5.02 Å². The zero-order chi connectivity index (χ0) is 15.6. The Bertz CT molecular complexity index is 616. The summed E-state index contributed by atoms with van der Waals surface area (Å²) in [6, 6.07) is 1.40. The normalized spacial score (nSPS) is 12.2. The van der Waals surface area contributed by atoms with Crippen molar-refractivity contribution in [2.75, 3.05) is 18.5 Å². The minimum atomic E-state index is -3.36. The van der Waals surface area contributed by atoms with Crippen molar-refractivity contribution in [1.29, 1.82) is 0 Å². The van der Waals surface area contributed by atoms with Gasteiger partial charge in [-0.05, 0) is 19.9 Å². The topological polar surface area (TPSA) is 114 Å². The number of sulfonamides is 1. The number of nitrogens with one attached hydrogen (secondary N) is 2. The quantitative estimate of drug-likeness (QED) is 0.725. The van der Waals surface area contributed by atoms with Crippen LogP contribution in [0.15, 0.2) is 12.3 Å². The Balaban J connectivity index is 2.69. The highest BCUT2D eigenvalue weighted by Crippen LogP contribution is 2.16. The van der Waals surface area contributed by atoms with E-state index in [1.54, 1.807) is 13.8 Å². The second kappa shape index (κ2) is 5.94. The lowest BCUT2D eigenvalue weighted by atomic mass is 10.1. The van der Waals surface area contributed by atoms with Gasteiger partial charge in [-0.1, -0.05) is 11.6 Å². The lowest BCUT2D eigenvalue weighted by molar-refractivity contribution is 0.0944. The van der Waals surface area contributed by atoms with E-state index in [9.17, 15) is 13.2 Å². The number of amides is 1. The number of hydrogen-bond acceptors (Lipinski definition) is 5. The van der Waals surface area contributed by atoms with Gasteiger partial charge in [-0.25, -0.2) is 18.1 Å². The number of carbonyl (C=O) groups excluding carboxylic acids is 1. The fraction of sp³-hybridized carbons (Fsp3) is 0.455. The summed E-state index contributed by atoms with van der Waals surface area (Å²) in [5.41, 5.74) is 4.89. The number of carbonyl (C=O) groups is 1. The van der Waals surface area contributed by atoms with E-state index in [4.69, 9.17) is 17.3 Å². The first kappa shape index (κ1) is 16.7. The van der Waals surface area contributed by atoms with E-state index in [2.05, 4.69) is 15.0 Å². The van der Waals surface area contributed by atoms with Crippen LogP contribution in [0.1, 0.15) is 24.2 Å². The van der Waals surface area contributed by atoms with Crippen molar-refractivity contribution in [1.82, 2.24) is 15.0 Å². The Morgan fingerprint density at radius 3 is 2.60 bits per heavy atom. The largest absolute Gasteiger partial charge is 0.382 e. The third-order valence-corrected chi connectivity index (χ3v) is 3.51. The van der Waals surface area contributed by atoms with Crippen molar-refractivity contribution in [3.05, 3.63) is 22.8 Å². The minimum Gasteiger partial charge on any atom is -0.382 e. The van der Waals surface area contributed by atoms with Crippen LogP contribution in [0.3, 0.4) is 0 Å². The van der Waals surface area contributed by atoms with Crippen LogP contribution >= 0.6 is 11.6 Å². The molecule has 0 unspecified atom stereocenters. The van der Waals surface area contributed by atoms with Crippen molar-refractivity contribution >= 4 is 33.3 Å². The van der Waals surface area contributed by atoms with E-state index in [-0.39, 0.29) is 22.9 Å². The fourth-order valence-corrected chi connectivity index (χ4v) is 2.76. The molecule has 0 radical (unpaired) electrons. The maximum absolute atomic E-state index is 11.9. The van der Waals surface area contributed by atoms with Gasteiger partial charge in [-0.2, -0.15) is 0 Å². The number of rotatable bonds is 5. The first-order valence-electron chi connectivity index (χ1n) is 5.68. The van der Waals surface area contributed by atoms with Gasteiger partial charge in [0.15, 0.2) is 0 Å². The maximum Gasteiger partial charge on any atom is 0.252 e. The Labute approximate surface area is 123 Å². The number of hydrogen-bond donors (Lipinski definition) is 3. The molecule has 1 rings (SSSR count). The first-order valence-corrected chi connectivity index (χ1v) is 7.95. The molecular formula is C11H17ClN4O3S. The molecule has 0 fully saturated rings. The number of anilines is 1. The van der Waals surface area contributed by atoms with E-state index in [0.29, 0.717) is 0 Å². The maximum atomic E-state index is 11.9. The highest BCUT2D eigenvalue weighted by Gasteiger charge is 2.23. The minimum absolute atomic E-state index is 0.112. The van der Waals surface area contributed by atoms with Gasteiger partial charge in [0.25, 0.3) is 5.91 Å². The average molecular weight is 321 g/mol. The lowest BCUT2D eigenvalue weighted by Gasteiger charge is -2.25. The van der Waals surface area contributed by atoms with Crippen LogP contribution in [-0.4, -0.2) is 37.6 Å². The van der Waals surface area contributed by atoms with Gasteiger partial charge in [-0.15, -0.1) is 0 Å². The molecule has 20 heavy (non-hydrogen) atoms. The average Bonchev–Trinajstić information content (AvgIpc) is 2.26. The molecule has 112 valence electrons. The zero-order valence-corrected chi connectivity index (χ0v) is 13.0. The van der Waals surface area contributed by atoms with Gasteiger partial charge in [0, 0.05) is 18.3 Å². The summed E-state index contributed by atoms with van der Waals surface area (Å²) < 4.78 is 24.8. The smallest absolute Gasteiger partial charge is 0.252 e. The second-order valence-corrected chi connectivity index (χ2v) is 7.19. The Kier molecular flexibility index (Phi) is 4.95. The third kappa shape index (κ3) is 5.32. The number of nitrogens with two attached hydrogens (primary N) is 1. The molecule has 1 heterocycles. The highest BCUT2D eigenvalue weighted by atomic mass is 35.5. The van der Waals surface area contributed by atoms with Crippen molar-refractivity contribution in [2.24, 2.45) is 0 Å². The van der Waals surface area contributed by atoms with Crippen LogP contribution in [0.5, 0.6) is 0 Å². The van der Waals surface area contributed by atoms with Gasteiger partial charge in [-0.3, -0.25) is 4.79 Å². The van der Waals surface area contributed by atoms with Crippen LogP contribution < -0.4 is 15.8 Å². The van der Waals surface area contributed by atoms with E-state index < -0.39 is 21.5 Å². The predicted octanol–water partition coefficient (Wildman–Crippen LogP) is 0.375. The molecule has 0 atom stereocenters. The van der Waals surface area contributed by atoms with E-state index in [1.165, 1.54) is 12.3 Å². The Morgan fingerprint density at radius 1 is 1.50 bits per heavy atom. The number of nitrogens with zero attached hydrogens (tertiary/aromatic N) is 1. The Morgan fingerprint density at radius 2 is 2.10 bits per heavy atom. The molecule has 0 saturated carbocycles. The molecule has 0 aliphatic heterocycles.